The van der Waals surface area contributed by atoms with Gasteiger partial charge in [-0.15, -0.1) is 0 Å². The summed E-state index contributed by atoms with van der Waals surface area (Å²) in [7, 11) is 1.65. The molecule has 1 amide bonds. The van der Waals surface area contributed by atoms with Crippen molar-refractivity contribution >= 4 is 5.91 Å². The standard InChI is InChI=1S/C16H26N2O3/c1-12-7-13(2)10-18(9-12)16(19)8-17-14(11-20-3)15-5-4-6-21-15/h4-6,12-14,17H,7-11H2,1-3H3/t12-,13-,14+/m1/s1. The summed E-state index contributed by atoms with van der Waals surface area (Å²) >= 11 is 0. The van der Waals surface area contributed by atoms with Crippen LogP contribution >= 0.6 is 0 Å². The lowest BCUT2D eigenvalue weighted by molar-refractivity contribution is -0.133. The smallest absolute Gasteiger partial charge is 0.236 e. The summed E-state index contributed by atoms with van der Waals surface area (Å²) in [5.74, 6) is 2.11. The van der Waals surface area contributed by atoms with Gasteiger partial charge in [0.1, 0.15) is 5.76 Å². The molecule has 0 spiro atoms. The van der Waals surface area contributed by atoms with Crippen LogP contribution < -0.4 is 5.32 Å². The molecule has 1 aromatic rings. The van der Waals surface area contributed by atoms with Gasteiger partial charge < -0.3 is 14.1 Å². The number of hydrogen-bond donors (Lipinski definition) is 1. The summed E-state index contributed by atoms with van der Waals surface area (Å²) in [6, 6.07) is 3.65. The third kappa shape index (κ3) is 4.58. The number of furan rings is 1. The fourth-order valence-corrected chi connectivity index (χ4v) is 3.09. The molecule has 1 fully saturated rings. The molecule has 2 rings (SSSR count). The minimum atomic E-state index is -0.0893. The zero-order chi connectivity index (χ0) is 15.2. The number of ether oxygens (including phenoxy) is 1. The number of likely N-dealkylation sites (tertiary alicyclic amines) is 1. The van der Waals surface area contributed by atoms with Crippen LogP contribution in [0.4, 0.5) is 0 Å². The lowest BCUT2D eigenvalue weighted by Crippen LogP contribution is -2.46. The Morgan fingerprint density at radius 3 is 2.76 bits per heavy atom. The second-order valence-corrected chi connectivity index (χ2v) is 6.15. The van der Waals surface area contributed by atoms with Gasteiger partial charge in [-0.2, -0.15) is 0 Å². The Kier molecular flexibility index (Phi) is 5.82. The largest absolute Gasteiger partial charge is 0.468 e. The molecule has 0 saturated carbocycles. The summed E-state index contributed by atoms with van der Waals surface area (Å²) in [5, 5.41) is 3.24. The molecule has 5 nitrogen and oxygen atoms in total. The Hall–Kier alpha value is -1.33. The number of piperidine rings is 1. The Labute approximate surface area is 126 Å². The van der Waals surface area contributed by atoms with E-state index >= 15 is 0 Å². The van der Waals surface area contributed by atoms with Crippen LogP contribution in [0.1, 0.15) is 32.1 Å². The van der Waals surface area contributed by atoms with Crippen molar-refractivity contribution in [2.75, 3.05) is 33.4 Å². The topological polar surface area (TPSA) is 54.7 Å². The zero-order valence-corrected chi connectivity index (χ0v) is 13.2. The van der Waals surface area contributed by atoms with Gasteiger partial charge in [0.15, 0.2) is 0 Å². The van der Waals surface area contributed by atoms with Gasteiger partial charge in [0.05, 0.1) is 25.5 Å². The fraction of sp³-hybridized carbons (Fsp3) is 0.688. The average molecular weight is 294 g/mol. The molecule has 1 N–H and O–H groups in total. The monoisotopic (exact) mass is 294 g/mol. The van der Waals surface area contributed by atoms with E-state index < -0.39 is 0 Å². The molecule has 0 aromatic carbocycles. The van der Waals surface area contributed by atoms with E-state index in [-0.39, 0.29) is 11.9 Å². The van der Waals surface area contributed by atoms with Gasteiger partial charge in [-0.1, -0.05) is 13.8 Å². The molecule has 1 aromatic heterocycles. The summed E-state index contributed by atoms with van der Waals surface area (Å²) < 4.78 is 10.6. The van der Waals surface area contributed by atoms with Crippen molar-refractivity contribution < 1.29 is 13.9 Å². The van der Waals surface area contributed by atoms with Crippen molar-refractivity contribution in [3.63, 3.8) is 0 Å². The SMILES string of the molecule is COC[C@H](NCC(=O)N1C[C@H](C)C[C@@H](C)C1)c1ccco1. The van der Waals surface area contributed by atoms with Gasteiger partial charge in [-0.25, -0.2) is 0 Å². The number of hydrogen-bond acceptors (Lipinski definition) is 4. The summed E-state index contributed by atoms with van der Waals surface area (Å²) in [6.45, 7) is 6.93. The summed E-state index contributed by atoms with van der Waals surface area (Å²) in [5.41, 5.74) is 0. The number of carbonyl (C=O) groups excluding carboxylic acids is 1. The quantitative estimate of drug-likeness (QED) is 0.872. The van der Waals surface area contributed by atoms with E-state index in [0.717, 1.165) is 18.8 Å². The molecule has 0 aliphatic carbocycles. The molecule has 5 heteroatoms. The molecule has 3 atom stereocenters. The minimum absolute atomic E-state index is 0.0893. The van der Waals surface area contributed by atoms with Crippen molar-refractivity contribution in [2.45, 2.75) is 26.3 Å². The van der Waals surface area contributed by atoms with E-state index in [1.807, 2.05) is 17.0 Å². The highest BCUT2D eigenvalue weighted by Crippen LogP contribution is 2.21. The maximum absolute atomic E-state index is 12.4. The van der Waals surface area contributed by atoms with E-state index in [0.29, 0.717) is 25.0 Å². The second-order valence-electron chi connectivity index (χ2n) is 6.15. The maximum atomic E-state index is 12.4. The lowest BCUT2D eigenvalue weighted by atomic mass is 9.92. The van der Waals surface area contributed by atoms with Crippen molar-refractivity contribution in [2.24, 2.45) is 11.8 Å². The number of nitrogens with one attached hydrogen (secondary N) is 1. The molecule has 2 heterocycles. The summed E-state index contributed by atoms with van der Waals surface area (Å²) in [4.78, 5) is 14.3. The van der Waals surface area contributed by atoms with Crippen LogP contribution in [0.5, 0.6) is 0 Å². The first kappa shape index (κ1) is 16.0. The van der Waals surface area contributed by atoms with E-state index in [1.165, 1.54) is 6.42 Å². The van der Waals surface area contributed by atoms with Crippen LogP contribution in [0, 0.1) is 11.8 Å². The van der Waals surface area contributed by atoms with Crippen LogP contribution in [0.2, 0.25) is 0 Å². The first-order chi connectivity index (χ1) is 10.1. The second kappa shape index (κ2) is 7.61. The molecular formula is C16H26N2O3. The molecule has 1 saturated heterocycles. The van der Waals surface area contributed by atoms with Crippen LogP contribution in [-0.2, 0) is 9.53 Å². The van der Waals surface area contributed by atoms with E-state index in [2.05, 4.69) is 19.2 Å². The van der Waals surface area contributed by atoms with Crippen molar-refractivity contribution in [1.29, 1.82) is 0 Å². The molecule has 1 aliphatic rings. The molecule has 0 bridgehead atoms. The van der Waals surface area contributed by atoms with E-state index in [9.17, 15) is 4.79 Å². The zero-order valence-electron chi connectivity index (χ0n) is 13.2. The highest BCUT2D eigenvalue weighted by atomic mass is 16.5. The predicted molar refractivity (Wildman–Crippen MR) is 80.9 cm³/mol. The molecule has 0 radical (unpaired) electrons. The third-order valence-electron chi connectivity index (χ3n) is 3.94. The Morgan fingerprint density at radius 2 is 2.19 bits per heavy atom. The van der Waals surface area contributed by atoms with Crippen molar-refractivity contribution in [3.05, 3.63) is 24.2 Å². The molecule has 1 aliphatic heterocycles. The van der Waals surface area contributed by atoms with Crippen LogP contribution in [-0.4, -0.2) is 44.2 Å². The van der Waals surface area contributed by atoms with E-state index in [4.69, 9.17) is 9.15 Å². The predicted octanol–water partition coefficient (Wildman–Crippen LogP) is 2.06. The maximum Gasteiger partial charge on any atom is 0.236 e. The van der Waals surface area contributed by atoms with Gasteiger partial charge in [0.2, 0.25) is 5.91 Å². The molecular weight excluding hydrogens is 268 g/mol. The Balaban J connectivity index is 1.87. The van der Waals surface area contributed by atoms with Crippen molar-refractivity contribution in [1.82, 2.24) is 10.2 Å². The Morgan fingerprint density at radius 1 is 1.48 bits per heavy atom. The highest BCUT2D eigenvalue weighted by Gasteiger charge is 2.26. The van der Waals surface area contributed by atoms with Gasteiger partial charge in [-0.3, -0.25) is 10.1 Å². The van der Waals surface area contributed by atoms with Crippen molar-refractivity contribution in [3.8, 4) is 0 Å². The van der Waals surface area contributed by atoms with Crippen LogP contribution in [0.15, 0.2) is 22.8 Å². The van der Waals surface area contributed by atoms with Crippen LogP contribution in [0.3, 0.4) is 0 Å². The molecule has 118 valence electrons. The average Bonchev–Trinajstić information content (AvgIpc) is 2.96. The Bertz CT molecular complexity index is 423. The number of methoxy groups -OCH3 is 1. The number of amides is 1. The molecule has 0 unspecified atom stereocenters. The fourth-order valence-electron chi connectivity index (χ4n) is 3.09. The summed E-state index contributed by atoms with van der Waals surface area (Å²) in [6.07, 6.45) is 2.84. The third-order valence-corrected chi connectivity index (χ3v) is 3.94. The van der Waals surface area contributed by atoms with Gasteiger partial charge in [0.25, 0.3) is 0 Å². The van der Waals surface area contributed by atoms with Gasteiger partial charge in [-0.05, 0) is 30.4 Å². The molecule has 21 heavy (non-hydrogen) atoms. The van der Waals surface area contributed by atoms with Gasteiger partial charge in [0, 0.05) is 20.2 Å². The minimum Gasteiger partial charge on any atom is -0.468 e. The first-order valence-electron chi connectivity index (χ1n) is 7.63. The lowest BCUT2D eigenvalue weighted by Gasteiger charge is -2.35. The first-order valence-corrected chi connectivity index (χ1v) is 7.63. The highest BCUT2D eigenvalue weighted by molar-refractivity contribution is 5.78. The van der Waals surface area contributed by atoms with Gasteiger partial charge >= 0.3 is 0 Å². The van der Waals surface area contributed by atoms with Crippen LogP contribution in [0.25, 0.3) is 0 Å². The number of carbonyl (C=O) groups is 1. The van der Waals surface area contributed by atoms with E-state index in [1.54, 1.807) is 13.4 Å². The number of nitrogens with zero attached hydrogens (tertiary/aromatic N) is 1. The normalized spacial score (nSPS) is 24.0. The number of rotatable bonds is 6.